The molecule has 78 valence electrons. The second-order valence-corrected chi connectivity index (χ2v) is 3.02. The molecule has 0 amide bonds. The summed E-state index contributed by atoms with van der Waals surface area (Å²) in [4.78, 5) is 3.80. The number of nitrogens with one attached hydrogen (secondary N) is 1. The fourth-order valence-corrected chi connectivity index (χ4v) is 0.969. The minimum Gasteiger partial charge on any atom is -0.385 e. The number of rotatable bonds is 4. The lowest BCUT2D eigenvalue weighted by Gasteiger charge is -2.10. The van der Waals surface area contributed by atoms with E-state index in [9.17, 15) is 8.78 Å². The minimum absolute atomic E-state index is 0.259. The van der Waals surface area contributed by atoms with Gasteiger partial charge in [-0.1, -0.05) is 17.7 Å². The molecule has 14 heavy (non-hydrogen) atoms. The molecule has 1 atom stereocenters. The molecule has 3 nitrogen and oxygen atoms in total. The Morgan fingerprint density at radius 2 is 2.21 bits per heavy atom. The van der Waals surface area contributed by atoms with E-state index in [1.165, 1.54) is 0 Å². The van der Waals surface area contributed by atoms with Gasteiger partial charge in [0.1, 0.15) is 17.1 Å². The van der Waals surface area contributed by atoms with Crippen molar-refractivity contribution >= 4 is 17.4 Å². The summed E-state index contributed by atoms with van der Waals surface area (Å²) in [5.41, 5.74) is 0. The van der Waals surface area contributed by atoms with Gasteiger partial charge < -0.3 is 10.4 Å². The lowest BCUT2D eigenvalue weighted by Crippen LogP contribution is -2.27. The molecule has 0 saturated heterocycles. The minimum atomic E-state index is -2.76. The van der Waals surface area contributed by atoms with E-state index in [1.54, 1.807) is 18.2 Å². The number of hydrogen-bond acceptors (Lipinski definition) is 3. The predicted octanol–water partition coefficient (Wildman–Crippen LogP) is 1.77. The predicted molar refractivity (Wildman–Crippen MR) is 49.7 cm³/mol. The molecule has 2 N–H and O–H groups in total. The second-order valence-electron chi connectivity index (χ2n) is 2.63. The Labute approximate surface area is 84.7 Å². The standard InChI is InChI=1S/C8H9ClF2N2O/c9-6-2-1-3-7(13-6)12-4-5(14)8(10)11/h1-3,5,8,14H,4H2,(H,12,13). The smallest absolute Gasteiger partial charge is 0.265 e. The molecule has 0 saturated carbocycles. The van der Waals surface area contributed by atoms with E-state index in [2.05, 4.69) is 10.3 Å². The van der Waals surface area contributed by atoms with E-state index in [0.29, 0.717) is 5.82 Å². The van der Waals surface area contributed by atoms with Gasteiger partial charge in [0, 0.05) is 6.54 Å². The molecular formula is C8H9ClF2N2O. The summed E-state index contributed by atoms with van der Waals surface area (Å²) in [6.45, 7) is -0.259. The van der Waals surface area contributed by atoms with Gasteiger partial charge in [0.2, 0.25) is 0 Å². The maximum absolute atomic E-state index is 11.9. The van der Waals surface area contributed by atoms with Crippen molar-refractivity contribution in [3.8, 4) is 0 Å². The average Bonchev–Trinajstić information content (AvgIpc) is 2.14. The third-order valence-corrected chi connectivity index (χ3v) is 1.71. The van der Waals surface area contributed by atoms with Gasteiger partial charge in [-0.2, -0.15) is 0 Å². The molecule has 1 aromatic heterocycles. The molecule has 0 aliphatic heterocycles. The Bertz CT molecular complexity index is 298. The summed E-state index contributed by atoms with van der Waals surface area (Å²) in [5, 5.41) is 11.6. The molecule has 6 heteroatoms. The molecule has 1 rings (SSSR count). The van der Waals surface area contributed by atoms with Gasteiger partial charge in [-0.05, 0) is 12.1 Å². The summed E-state index contributed by atoms with van der Waals surface area (Å²) < 4.78 is 23.7. The van der Waals surface area contributed by atoms with Crippen LogP contribution in [-0.4, -0.2) is 29.2 Å². The van der Waals surface area contributed by atoms with Crippen LogP contribution in [0.1, 0.15) is 0 Å². The van der Waals surface area contributed by atoms with E-state index in [0.717, 1.165) is 0 Å². The number of anilines is 1. The lowest BCUT2D eigenvalue weighted by atomic mass is 10.3. The van der Waals surface area contributed by atoms with Gasteiger partial charge in [0.15, 0.2) is 0 Å². The number of pyridine rings is 1. The first-order valence-corrected chi connectivity index (χ1v) is 4.30. The van der Waals surface area contributed by atoms with Gasteiger partial charge in [-0.15, -0.1) is 0 Å². The Hall–Kier alpha value is -0.940. The van der Waals surface area contributed by atoms with Gasteiger partial charge in [0.25, 0.3) is 6.43 Å². The molecule has 1 heterocycles. The van der Waals surface area contributed by atoms with Crippen LogP contribution in [0.5, 0.6) is 0 Å². The SMILES string of the molecule is OC(CNc1cccc(Cl)n1)C(F)F. The Morgan fingerprint density at radius 3 is 2.79 bits per heavy atom. The van der Waals surface area contributed by atoms with Crippen LogP contribution in [0.15, 0.2) is 18.2 Å². The summed E-state index contributed by atoms with van der Waals surface area (Å²) in [6.07, 6.45) is -4.46. The van der Waals surface area contributed by atoms with Crippen molar-refractivity contribution < 1.29 is 13.9 Å². The highest BCUT2D eigenvalue weighted by molar-refractivity contribution is 6.29. The first kappa shape index (κ1) is 11.1. The molecule has 0 bridgehead atoms. The number of nitrogens with zero attached hydrogens (tertiary/aromatic N) is 1. The third kappa shape index (κ3) is 3.43. The van der Waals surface area contributed by atoms with Crippen LogP contribution in [0.4, 0.5) is 14.6 Å². The fourth-order valence-electron chi connectivity index (χ4n) is 0.805. The second kappa shape index (κ2) is 5.07. The van der Waals surface area contributed by atoms with Crippen molar-refractivity contribution in [2.75, 3.05) is 11.9 Å². The van der Waals surface area contributed by atoms with Crippen molar-refractivity contribution in [3.05, 3.63) is 23.4 Å². The first-order valence-electron chi connectivity index (χ1n) is 3.92. The maximum Gasteiger partial charge on any atom is 0.265 e. The Morgan fingerprint density at radius 1 is 1.50 bits per heavy atom. The lowest BCUT2D eigenvalue weighted by molar-refractivity contribution is 0.00381. The topological polar surface area (TPSA) is 45.1 Å². The zero-order valence-corrected chi connectivity index (χ0v) is 7.88. The summed E-state index contributed by atoms with van der Waals surface area (Å²) in [6, 6.07) is 4.77. The summed E-state index contributed by atoms with van der Waals surface area (Å²) in [5.74, 6) is 0.359. The van der Waals surface area contributed by atoms with E-state index < -0.39 is 12.5 Å². The fraction of sp³-hybridized carbons (Fsp3) is 0.375. The maximum atomic E-state index is 11.9. The number of hydrogen-bond donors (Lipinski definition) is 2. The van der Waals surface area contributed by atoms with Gasteiger partial charge >= 0.3 is 0 Å². The van der Waals surface area contributed by atoms with Crippen LogP contribution in [0, 0.1) is 0 Å². The largest absolute Gasteiger partial charge is 0.385 e. The number of halogens is 3. The summed E-state index contributed by atoms with van der Waals surface area (Å²) >= 11 is 5.56. The van der Waals surface area contributed by atoms with E-state index in [1.807, 2.05) is 0 Å². The molecule has 1 unspecified atom stereocenters. The number of alkyl halides is 2. The first-order chi connectivity index (χ1) is 6.59. The van der Waals surface area contributed by atoms with Crippen LogP contribution in [0.25, 0.3) is 0 Å². The Kier molecular flexibility index (Phi) is 4.03. The molecule has 1 aromatic rings. The molecule has 0 aliphatic carbocycles. The molecule has 0 aliphatic rings. The van der Waals surface area contributed by atoms with Gasteiger partial charge in [-0.25, -0.2) is 13.8 Å². The molecule has 0 radical (unpaired) electrons. The zero-order valence-electron chi connectivity index (χ0n) is 7.12. The van der Waals surface area contributed by atoms with Crippen molar-refractivity contribution in [2.45, 2.75) is 12.5 Å². The van der Waals surface area contributed by atoms with Gasteiger partial charge in [-0.3, -0.25) is 0 Å². The average molecular weight is 223 g/mol. The quantitative estimate of drug-likeness (QED) is 0.764. The molecule has 0 fully saturated rings. The van der Waals surface area contributed by atoms with E-state index in [-0.39, 0.29) is 11.7 Å². The highest BCUT2D eigenvalue weighted by Crippen LogP contribution is 2.09. The number of aliphatic hydroxyl groups is 1. The zero-order chi connectivity index (χ0) is 10.6. The van der Waals surface area contributed by atoms with Crippen LogP contribution < -0.4 is 5.32 Å². The van der Waals surface area contributed by atoms with Crippen molar-refractivity contribution in [1.29, 1.82) is 0 Å². The van der Waals surface area contributed by atoms with Crippen LogP contribution in [-0.2, 0) is 0 Å². The van der Waals surface area contributed by atoms with Gasteiger partial charge in [0.05, 0.1) is 0 Å². The highest BCUT2D eigenvalue weighted by Gasteiger charge is 2.16. The molecular weight excluding hydrogens is 214 g/mol. The normalized spacial score (nSPS) is 12.9. The van der Waals surface area contributed by atoms with Crippen molar-refractivity contribution in [2.24, 2.45) is 0 Å². The highest BCUT2D eigenvalue weighted by atomic mass is 35.5. The summed E-state index contributed by atoms with van der Waals surface area (Å²) in [7, 11) is 0. The van der Waals surface area contributed by atoms with Crippen molar-refractivity contribution in [3.63, 3.8) is 0 Å². The van der Waals surface area contributed by atoms with E-state index in [4.69, 9.17) is 16.7 Å². The van der Waals surface area contributed by atoms with Crippen LogP contribution in [0.3, 0.4) is 0 Å². The number of aliphatic hydroxyl groups excluding tert-OH is 1. The molecule has 0 aromatic carbocycles. The Balaban J connectivity index is 2.45. The van der Waals surface area contributed by atoms with E-state index >= 15 is 0 Å². The van der Waals surface area contributed by atoms with Crippen LogP contribution in [0.2, 0.25) is 5.15 Å². The number of aromatic nitrogens is 1. The van der Waals surface area contributed by atoms with Crippen LogP contribution >= 0.6 is 11.6 Å². The third-order valence-electron chi connectivity index (χ3n) is 1.50. The van der Waals surface area contributed by atoms with Crippen molar-refractivity contribution in [1.82, 2.24) is 4.98 Å². The molecule has 0 spiro atoms. The monoisotopic (exact) mass is 222 g/mol.